The number of aromatic nitrogens is 4. The molecule has 158 valence electrons. The summed E-state index contributed by atoms with van der Waals surface area (Å²) in [6.45, 7) is 12.0. The molecule has 0 amide bonds. The van der Waals surface area contributed by atoms with Gasteiger partial charge >= 0.3 is 0 Å². The van der Waals surface area contributed by atoms with Gasteiger partial charge in [-0.2, -0.15) is 4.98 Å². The van der Waals surface area contributed by atoms with Gasteiger partial charge in [0.15, 0.2) is 5.65 Å². The number of benzene rings is 1. The quantitative estimate of drug-likeness (QED) is 0.492. The fourth-order valence-corrected chi connectivity index (χ4v) is 3.58. The number of ether oxygens (including phenoxy) is 1. The van der Waals surface area contributed by atoms with E-state index in [9.17, 15) is 4.79 Å². The van der Waals surface area contributed by atoms with Gasteiger partial charge in [-0.1, -0.05) is 19.9 Å². The lowest BCUT2D eigenvalue weighted by atomic mass is 10.2. The Morgan fingerprint density at radius 1 is 1.40 bits per heavy atom. The normalized spacial score (nSPS) is 15.5. The van der Waals surface area contributed by atoms with Crippen molar-refractivity contribution >= 4 is 28.4 Å². The third kappa shape index (κ3) is 4.02. The molecule has 2 aromatic heterocycles. The number of likely N-dealkylation sites (N-methyl/N-ethyl adjacent to an activating group) is 1. The molecule has 1 aliphatic rings. The summed E-state index contributed by atoms with van der Waals surface area (Å²) in [6, 6.07) is 6.13. The number of H-pyrrole nitrogens is 1. The van der Waals surface area contributed by atoms with Crippen molar-refractivity contribution in [3.63, 3.8) is 0 Å². The molecule has 0 saturated heterocycles. The molecule has 9 nitrogen and oxygen atoms in total. The molecule has 1 unspecified atom stereocenters. The molecular formula is C21H27N7O2. The van der Waals surface area contributed by atoms with Gasteiger partial charge in [0.25, 0.3) is 5.56 Å². The first-order valence-corrected chi connectivity index (χ1v) is 10.2. The number of allylic oxidation sites excluding steroid dienone is 1. The number of anilines is 3. The zero-order valence-corrected chi connectivity index (χ0v) is 17.3. The zero-order chi connectivity index (χ0) is 21.1. The lowest BCUT2D eigenvalue weighted by Crippen LogP contribution is -2.42. The molecule has 0 aliphatic carbocycles. The van der Waals surface area contributed by atoms with E-state index in [1.807, 2.05) is 18.2 Å². The molecular weight excluding hydrogens is 382 g/mol. The molecule has 0 saturated carbocycles. The summed E-state index contributed by atoms with van der Waals surface area (Å²) in [4.78, 5) is 23.3. The highest BCUT2D eigenvalue weighted by molar-refractivity contribution is 5.75. The Morgan fingerprint density at radius 3 is 3.00 bits per heavy atom. The first-order chi connectivity index (χ1) is 14.6. The van der Waals surface area contributed by atoms with E-state index in [4.69, 9.17) is 4.74 Å². The largest absolute Gasteiger partial charge is 0.489 e. The fourth-order valence-electron chi connectivity index (χ4n) is 3.58. The Bertz CT molecular complexity index is 1100. The van der Waals surface area contributed by atoms with Crippen molar-refractivity contribution in [1.29, 1.82) is 0 Å². The van der Waals surface area contributed by atoms with Crippen molar-refractivity contribution in [1.82, 2.24) is 24.6 Å². The second kappa shape index (κ2) is 8.58. The van der Waals surface area contributed by atoms with Crippen molar-refractivity contribution in [3.05, 3.63) is 47.4 Å². The minimum absolute atomic E-state index is 0.163. The number of nitrogens with zero attached hydrogens (tertiary/aromatic N) is 4. The van der Waals surface area contributed by atoms with E-state index in [0.717, 1.165) is 36.8 Å². The molecule has 0 bridgehead atoms. The van der Waals surface area contributed by atoms with Gasteiger partial charge in [0, 0.05) is 24.5 Å². The van der Waals surface area contributed by atoms with Gasteiger partial charge in [-0.3, -0.25) is 9.89 Å². The maximum Gasteiger partial charge on any atom is 0.277 e. The van der Waals surface area contributed by atoms with Crippen LogP contribution in [0.2, 0.25) is 0 Å². The summed E-state index contributed by atoms with van der Waals surface area (Å²) in [5.74, 6) is 1.19. The summed E-state index contributed by atoms with van der Waals surface area (Å²) in [7, 11) is 0. The molecule has 0 fully saturated rings. The van der Waals surface area contributed by atoms with Crippen LogP contribution >= 0.6 is 0 Å². The number of nitrogens with one attached hydrogen (secondary N) is 3. The lowest BCUT2D eigenvalue weighted by molar-refractivity contribution is 0.225. The van der Waals surface area contributed by atoms with Gasteiger partial charge in [0.2, 0.25) is 5.95 Å². The fraction of sp³-hybridized carbons (Fsp3) is 0.381. The standard InChI is InChI=1S/C21H27N7O2/c1-4-9-28-20(29)16-11-22-21(25-19(16)26-28)24-14-7-8-17-18(10-14)30-13-15(23-17)12-27(5-2)6-3/h4,7-8,10-11,15,23H,1,5-6,9,12-13H2,2-3H3,(H2,22,24,25,26). The van der Waals surface area contributed by atoms with Crippen LogP contribution in [0.25, 0.3) is 11.0 Å². The van der Waals surface area contributed by atoms with Crippen LogP contribution in [-0.4, -0.2) is 56.9 Å². The predicted octanol–water partition coefficient (Wildman–Crippen LogP) is 2.56. The van der Waals surface area contributed by atoms with E-state index in [2.05, 4.69) is 51.0 Å². The van der Waals surface area contributed by atoms with Gasteiger partial charge in [-0.25, -0.2) is 9.67 Å². The van der Waals surface area contributed by atoms with E-state index in [-0.39, 0.29) is 11.6 Å². The zero-order valence-electron chi connectivity index (χ0n) is 17.3. The molecule has 1 aromatic carbocycles. The van der Waals surface area contributed by atoms with Gasteiger partial charge in [-0.05, 0) is 25.2 Å². The Kier molecular flexibility index (Phi) is 5.71. The predicted molar refractivity (Wildman–Crippen MR) is 119 cm³/mol. The Balaban J connectivity index is 1.49. The Labute approximate surface area is 174 Å². The third-order valence-corrected chi connectivity index (χ3v) is 5.23. The monoisotopic (exact) mass is 409 g/mol. The SMILES string of the molecule is C=CCn1[nH]c2nc(Nc3ccc4c(c3)OCC(CN(CC)CC)N4)ncc2c1=O. The van der Waals surface area contributed by atoms with Gasteiger partial charge in [0.1, 0.15) is 17.7 Å². The molecule has 4 rings (SSSR count). The molecule has 0 radical (unpaired) electrons. The summed E-state index contributed by atoms with van der Waals surface area (Å²) >= 11 is 0. The van der Waals surface area contributed by atoms with Crippen molar-refractivity contribution < 1.29 is 4.74 Å². The molecule has 1 atom stereocenters. The van der Waals surface area contributed by atoms with E-state index in [1.165, 1.54) is 10.9 Å². The van der Waals surface area contributed by atoms with Crippen molar-refractivity contribution in [2.45, 2.75) is 26.4 Å². The van der Waals surface area contributed by atoms with Crippen LogP contribution < -0.4 is 20.9 Å². The Morgan fingerprint density at radius 2 is 2.23 bits per heavy atom. The average Bonchev–Trinajstić information content (AvgIpc) is 3.07. The molecule has 3 aromatic rings. The van der Waals surface area contributed by atoms with E-state index in [1.54, 1.807) is 6.08 Å². The van der Waals surface area contributed by atoms with Gasteiger partial charge in [0.05, 0.1) is 18.3 Å². The summed E-state index contributed by atoms with van der Waals surface area (Å²) in [5, 5.41) is 10.2. The first kappa shape index (κ1) is 20.0. The summed E-state index contributed by atoms with van der Waals surface area (Å²) in [5.41, 5.74) is 2.11. The molecule has 1 aliphatic heterocycles. The van der Waals surface area contributed by atoms with Crippen LogP contribution in [0, 0.1) is 0 Å². The maximum atomic E-state index is 12.2. The minimum atomic E-state index is -0.163. The second-order valence-corrected chi connectivity index (χ2v) is 7.25. The van der Waals surface area contributed by atoms with Crippen LogP contribution in [0.5, 0.6) is 5.75 Å². The minimum Gasteiger partial charge on any atom is -0.489 e. The maximum absolute atomic E-state index is 12.2. The van der Waals surface area contributed by atoms with Gasteiger partial charge in [-0.15, -0.1) is 6.58 Å². The molecule has 9 heteroatoms. The summed E-state index contributed by atoms with van der Waals surface area (Å²) in [6.07, 6.45) is 3.18. The molecule has 0 spiro atoms. The van der Waals surface area contributed by atoms with Crippen molar-refractivity contribution in [2.24, 2.45) is 0 Å². The highest BCUT2D eigenvalue weighted by Gasteiger charge is 2.21. The number of fused-ring (bicyclic) bond motifs is 2. The number of hydrogen-bond donors (Lipinski definition) is 3. The molecule has 30 heavy (non-hydrogen) atoms. The first-order valence-electron chi connectivity index (χ1n) is 10.2. The number of hydrogen-bond acceptors (Lipinski definition) is 7. The van der Waals surface area contributed by atoms with E-state index in [0.29, 0.717) is 30.1 Å². The van der Waals surface area contributed by atoms with Crippen LogP contribution in [0.4, 0.5) is 17.3 Å². The Hall–Kier alpha value is -3.33. The van der Waals surface area contributed by atoms with Crippen molar-refractivity contribution in [3.8, 4) is 5.75 Å². The highest BCUT2D eigenvalue weighted by Crippen LogP contribution is 2.32. The second-order valence-electron chi connectivity index (χ2n) is 7.25. The number of rotatable bonds is 8. The lowest BCUT2D eigenvalue weighted by Gasteiger charge is -2.31. The topological polar surface area (TPSA) is 100 Å². The van der Waals surface area contributed by atoms with E-state index < -0.39 is 0 Å². The third-order valence-electron chi connectivity index (χ3n) is 5.23. The van der Waals surface area contributed by atoms with Crippen molar-refractivity contribution in [2.75, 3.05) is 36.9 Å². The summed E-state index contributed by atoms with van der Waals surface area (Å²) < 4.78 is 7.44. The van der Waals surface area contributed by atoms with Crippen LogP contribution in [0.3, 0.4) is 0 Å². The van der Waals surface area contributed by atoms with E-state index >= 15 is 0 Å². The molecule has 3 N–H and O–H groups in total. The van der Waals surface area contributed by atoms with Crippen LogP contribution in [-0.2, 0) is 6.54 Å². The van der Waals surface area contributed by atoms with Crippen LogP contribution in [0.1, 0.15) is 13.8 Å². The molecule has 3 heterocycles. The van der Waals surface area contributed by atoms with Crippen LogP contribution in [0.15, 0.2) is 41.8 Å². The average molecular weight is 409 g/mol. The highest BCUT2D eigenvalue weighted by atomic mass is 16.5. The smallest absolute Gasteiger partial charge is 0.277 e. The van der Waals surface area contributed by atoms with Gasteiger partial charge < -0.3 is 20.3 Å². The number of aromatic amines is 1.